The van der Waals surface area contributed by atoms with Crippen LogP contribution in [0.25, 0.3) is 0 Å². The standard InChI is InChI=1S/C17H13ClF3N7O/c18-12-4-5-15(29-9-16-23-25-26-24-16)13(7-12)28-14(8-22-27-28)10-2-1-3-11(6-10)17(19,20)21/h1-7,14H,8-9H2,(H,23,24,25,26). The molecule has 150 valence electrons. The largest absolute Gasteiger partial charge is 0.483 e. The van der Waals surface area contributed by atoms with Crippen LogP contribution in [0.5, 0.6) is 5.75 Å². The Morgan fingerprint density at radius 2 is 2.07 bits per heavy atom. The zero-order valence-electron chi connectivity index (χ0n) is 14.6. The number of aromatic nitrogens is 4. The summed E-state index contributed by atoms with van der Waals surface area (Å²) in [5, 5.41) is 23.3. The van der Waals surface area contributed by atoms with Crippen LogP contribution in [0.15, 0.2) is 52.8 Å². The van der Waals surface area contributed by atoms with Gasteiger partial charge in [-0.05, 0) is 46.3 Å². The molecular formula is C17H13ClF3N7O. The lowest BCUT2D eigenvalue weighted by atomic mass is 10.0. The molecule has 0 spiro atoms. The van der Waals surface area contributed by atoms with Crippen molar-refractivity contribution in [2.75, 3.05) is 11.6 Å². The van der Waals surface area contributed by atoms with Gasteiger partial charge in [-0.25, -0.2) is 10.1 Å². The third-order valence-corrected chi connectivity index (χ3v) is 4.46. The topological polar surface area (TPSA) is 91.7 Å². The number of tetrazole rings is 1. The first-order valence-electron chi connectivity index (χ1n) is 8.40. The first-order valence-corrected chi connectivity index (χ1v) is 8.78. The number of aromatic amines is 1. The molecule has 0 fully saturated rings. The van der Waals surface area contributed by atoms with Gasteiger partial charge in [0, 0.05) is 5.02 Å². The smallest absolute Gasteiger partial charge is 0.416 e. The van der Waals surface area contributed by atoms with Gasteiger partial charge in [-0.15, -0.1) is 5.10 Å². The Kier molecular flexibility index (Phi) is 5.05. The highest BCUT2D eigenvalue weighted by Gasteiger charge is 2.33. The van der Waals surface area contributed by atoms with E-state index >= 15 is 0 Å². The number of halogens is 4. The summed E-state index contributed by atoms with van der Waals surface area (Å²) in [7, 11) is 0. The number of nitrogens with one attached hydrogen (secondary N) is 1. The summed E-state index contributed by atoms with van der Waals surface area (Å²) in [5.74, 6) is 0.812. The minimum Gasteiger partial charge on any atom is -0.483 e. The lowest BCUT2D eigenvalue weighted by Crippen LogP contribution is -2.22. The molecular weight excluding hydrogens is 411 g/mol. The molecule has 0 amide bonds. The van der Waals surface area contributed by atoms with Gasteiger partial charge in [0.1, 0.15) is 24.1 Å². The summed E-state index contributed by atoms with van der Waals surface area (Å²) in [6.45, 7) is 0.250. The van der Waals surface area contributed by atoms with E-state index in [1.54, 1.807) is 24.3 Å². The van der Waals surface area contributed by atoms with Gasteiger partial charge < -0.3 is 4.74 Å². The van der Waals surface area contributed by atoms with Gasteiger partial charge in [-0.3, -0.25) is 0 Å². The van der Waals surface area contributed by atoms with Gasteiger partial charge in [-0.1, -0.05) is 29.0 Å². The Bertz CT molecular complexity index is 1030. The average molecular weight is 424 g/mol. The number of hydrogen-bond donors (Lipinski definition) is 1. The monoisotopic (exact) mass is 423 g/mol. The fourth-order valence-corrected chi connectivity index (χ4v) is 3.05. The first-order chi connectivity index (χ1) is 13.9. The molecule has 2 heterocycles. The van der Waals surface area contributed by atoms with Crippen molar-refractivity contribution in [3.05, 3.63) is 64.4 Å². The van der Waals surface area contributed by atoms with Gasteiger partial charge >= 0.3 is 6.18 Å². The molecule has 8 nitrogen and oxygen atoms in total. The Morgan fingerprint density at radius 3 is 2.83 bits per heavy atom. The maximum Gasteiger partial charge on any atom is 0.416 e. The summed E-state index contributed by atoms with van der Waals surface area (Å²) in [6, 6.07) is 9.43. The van der Waals surface area contributed by atoms with Gasteiger partial charge in [0.25, 0.3) is 0 Å². The number of H-pyrrole nitrogens is 1. The summed E-state index contributed by atoms with van der Waals surface area (Å²) in [5.41, 5.74) is 0.158. The van der Waals surface area contributed by atoms with Crippen LogP contribution in [0.2, 0.25) is 5.02 Å². The normalized spacial score (nSPS) is 16.4. The molecule has 1 unspecified atom stereocenters. The van der Waals surface area contributed by atoms with Crippen LogP contribution in [-0.2, 0) is 12.8 Å². The van der Waals surface area contributed by atoms with E-state index in [0.717, 1.165) is 12.1 Å². The van der Waals surface area contributed by atoms with Crippen LogP contribution < -0.4 is 9.75 Å². The van der Waals surface area contributed by atoms with E-state index in [0.29, 0.717) is 27.8 Å². The molecule has 0 bridgehead atoms. The zero-order chi connectivity index (χ0) is 20.4. The molecule has 12 heteroatoms. The molecule has 1 atom stereocenters. The average Bonchev–Trinajstić information content (AvgIpc) is 3.38. The van der Waals surface area contributed by atoms with Crippen molar-refractivity contribution in [1.82, 2.24) is 20.6 Å². The molecule has 1 N–H and O–H groups in total. The molecule has 2 aromatic carbocycles. The molecule has 0 radical (unpaired) electrons. The number of alkyl halides is 3. The molecule has 1 aliphatic rings. The van der Waals surface area contributed by atoms with Crippen molar-refractivity contribution in [2.45, 2.75) is 18.8 Å². The Morgan fingerprint density at radius 1 is 1.21 bits per heavy atom. The van der Waals surface area contributed by atoms with Crippen LogP contribution in [0.3, 0.4) is 0 Å². The second-order valence-electron chi connectivity index (χ2n) is 6.15. The van der Waals surface area contributed by atoms with E-state index in [1.165, 1.54) is 11.1 Å². The number of benzene rings is 2. The van der Waals surface area contributed by atoms with E-state index in [9.17, 15) is 13.2 Å². The van der Waals surface area contributed by atoms with Crippen molar-refractivity contribution >= 4 is 17.3 Å². The Hall–Kier alpha value is -3.21. The molecule has 3 aromatic rings. The molecule has 29 heavy (non-hydrogen) atoms. The highest BCUT2D eigenvalue weighted by molar-refractivity contribution is 6.30. The van der Waals surface area contributed by atoms with Crippen LogP contribution >= 0.6 is 11.6 Å². The van der Waals surface area contributed by atoms with Gasteiger partial charge in [0.05, 0.1) is 12.1 Å². The molecule has 0 saturated heterocycles. The quantitative estimate of drug-likeness (QED) is 0.657. The summed E-state index contributed by atoms with van der Waals surface area (Å²) < 4.78 is 45.1. The van der Waals surface area contributed by atoms with Crippen molar-refractivity contribution < 1.29 is 17.9 Å². The predicted octanol–water partition coefficient (Wildman–Crippen LogP) is 4.38. The molecule has 4 rings (SSSR count). The SMILES string of the molecule is FC(F)(F)c1cccc(C2CN=NN2c2cc(Cl)ccc2OCc2nnn[nH]2)c1. The van der Waals surface area contributed by atoms with E-state index in [4.69, 9.17) is 16.3 Å². The van der Waals surface area contributed by atoms with Gasteiger partial charge in [-0.2, -0.15) is 18.3 Å². The van der Waals surface area contributed by atoms with E-state index < -0.39 is 17.8 Å². The lowest BCUT2D eigenvalue weighted by Gasteiger charge is -2.25. The fourth-order valence-electron chi connectivity index (χ4n) is 2.88. The summed E-state index contributed by atoms with van der Waals surface area (Å²) in [4.78, 5) is 0. The van der Waals surface area contributed by atoms with Gasteiger partial charge in [0.15, 0.2) is 5.82 Å². The molecule has 0 aliphatic carbocycles. The second-order valence-corrected chi connectivity index (χ2v) is 6.58. The minimum atomic E-state index is -4.44. The predicted molar refractivity (Wildman–Crippen MR) is 96.3 cm³/mol. The summed E-state index contributed by atoms with van der Waals surface area (Å²) >= 11 is 6.13. The van der Waals surface area contributed by atoms with E-state index in [-0.39, 0.29) is 13.2 Å². The van der Waals surface area contributed by atoms with E-state index in [2.05, 4.69) is 31.0 Å². The Labute approximate surface area is 167 Å². The summed E-state index contributed by atoms with van der Waals surface area (Å²) in [6.07, 6.45) is -4.44. The number of nitrogens with zero attached hydrogens (tertiary/aromatic N) is 6. The maximum absolute atomic E-state index is 13.1. The third-order valence-electron chi connectivity index (χ3n) is 4.23. The highest BCUT2D eigenvalue weighted by Crippen LogP contribution is 2.40. The number of hydrogen-bond acceptors (Lipinski definition) is 7. The van der Waals surface area contributed by atoms with Crippen LogP contribution in [0, 0.1) is 0 Å². The highest BCUT2D eigenvalue weighted by atomic mass is 35.5. The van der Waals surface area contributed by atoms with Crippen LogP contribution in [-0.4, -0.2) is 27.2 Å². The zero-order valence-corrected chi connectivity index (χ0v) is 15.4. The van der Waals surface area contributed by atoms with Gasteiger partial charge in [0.2, 0.25) is 0 Å². The number of rotatable bonds is 5. The van der Waals surface area contributed by atoms with Crippen LogP contribution in [0.4, 0.5) is 18.9 Å². The number of anilines is 1. The molecule has 1 aromatic heterocycles. The van der Waals surface area contributed by atoms with Crippen molar-refractivity contribution in [1.29, 1.82) is 0 Å². The van der Waals surface area contributed by atoms with Crippen molar-refractivity contribution in [2.24, 2.45) is 10.3 Å². The van der Waals surface area contributed by atoms with Crippen molar-refractivity contribution in [3.63, 3.8) is 0 Å². The Balaban J connectivity index is 1.65. The van der Waals surface area contributed by atoms with E-state index in [1.807, 2.05) is 0 Å². The van der Waals surface area contributed by atoms with Crippen molar-refractivity contribution in [3.8, 4) is 5.75 Å². The lowest BCUT2D eigenvalue weighted by molar-refractivity contribution is -0.137. The fraction of sp³-hybridized carbons (Fsp3) is 0.235. The van der Waals surface area contributed by atoms with Crippen LogP contribution in [0.1, 0.15) is 23.0 Å². The molecule has 1 aliphatic heterocycles. The first kappa shape index (κ1) is 19.1. The second kappa shape index (κ2) is 7.66. The maximum atomic E-state index is 13.1. The third kappa shape index (κ3) is 4.14. The minimum absolute atomic E-state index is 0.0564. The molecule has 0 saturated carbocycles. The number of ether oxygens (including phenoxy) is 1.